The van der Waals surface area contributed by atoms with Gasteiger partial charge < -0.3 is 15.1 Å². The standard InChI is InChI=1S/C36H32N2O4.CO2/c1-19-29(37(4)27-14-12-21-16-22(35(41)42)10-13-23(21)31(19)27)17-25-33(39)26(34(25)40)18-30-36(2,3)32-24-9-7-6-8-20(24)11-15-28(32)38(30)5;2-1-3/h6-19,25,33H,1-5H3,(H,41,42);. The summed E-state index contributed by atoms with van der Waals surface area (Å²) >= 11 is 0. The zero-order valence-electron chi connectivity index (χ0n) is 25.6. The topological polar surface area (TPSA) is 118 Å². The Kier molecular flexibility index (Phi) is 7.15. The highest BCUT2D eigenvalue weighted by molar-refractivity contribution is 6.15. The third-order valence-electron chi connectivity index (χ3n) is 9.67. The van der Waals surface area contributed by atoms with Crippen LogP contribution in [0.1, 0.15) is 48.2 Å². The molecule has 1 aliphatic carbocycles. The van der Waals surface area contributed by atoms with Crippen molar-refractivity contribution < 1.29 is 34.0 Å². The van der Waals surface area contributed by atoms with Crippen molar-refractivity contribution in [2.75, 3.05) is 19.0 Å². The van der Waals surface area contributed by atoms with Gasteiger partial charge in [-0.1, -0.05) is 55.5 Å². The monoisotopic (exact) mass is 600 g/mol. The van der Waals surface area contributed by atoms with E-state index in [1.807, 2.05) is 56.6 Å². The molecule has 2 heterocycles. The zero-order chi connectivity index (χ0) is 32.4. The molecule has 0 saturated heterocycles. The first-order valence-electron chi connectivity index (χ1n) is 14.7. The minimum atomic E-state index is -1.14. The van der Waals surface area contributed by atoms with Crippen molar-refractivity contribution in [1.29, 1.82) is 0 Å². The summed E-state index contributed by atoms with van der Waals surface area (Å²) in [5, 5.41) is 27.2. The summed E-state index contributed by atoms with van der Waals surface area (Å²) in [7, 11) is 3.96. The van der Waals surface area contributed by atoms with Gasteiger partial charge in [-0.15, -0.1) is 0 Å². The van der Waals surface area contributed by atoms with Crippen molar-refractivity contribution in [2.24, 2.45) is 5.92 Å². The lowest BCUT2D eigenvalue weighted by Gasteiger charge is -2.42. The molecule has 3 aliphatic rings. The van der Waals surface area contributed by atoms with Gasteiger partial charge in [-0.25, -0.2) is 4.79 Å². The maximum atomic E-state index is 13.6. The van der Waals surface area contributed by atoms with E-state index < -0.39 is 18.0 Å². The van der Waals surface area contributed by atoms with Crippen molar-refractivity contribution in [3.05, 3.63) is 107 Å². The first-order chi connectivity index (χ1) is 21.4. The number of fused-ring (bicyclic) bond motifs is 6. The predicted octanol–water partition coefficient (Wildman–Crippen LogP) is 5.11. The summed E-state index contributed by atoms with van der Waals surface area (Å²) in [6.45, 7) is 6.39. The highest BCUT2D eigenvalue weighted by Gasteiger charge is 2.47. The van der Waals surface area contributed by atoms with Gasteiger partial charge in [0.25, 0.3) is 0 Å². The highest BCUT2D eigenvalue weighted by Crippen LogP contribution is 2.48. The normalized spacial score (nSPS) is 23.1. The molecule has 3 unspecified atom stereocenters. The van der Waals surface area contributed by atoms with Crippen LogP contribution in [0.15, 0.2) is 90.2 Å². The maximum absolute atomic E-state index is 13.6. The van der Waals surface area contributed by atoms with Crippen LogP contribution in [0.25, 0.3) is 21.5 Å². The number of Topliss-reactive ketones (excluding diaryl/α,β-unsaturated/α-hetero) is 1. The molecular formula is C37H32N2O6. The molecule has 1 fully saturated rings. The number of carboxylic acids is 1. The fraction of sp³-hybridized carbons (Fsp3) is 0.243. The first kappa shape index (κ1) is 29.9. The summed E-state index contributed by atoms with van der Waals surface area (Å²) in [6.07, 6.45) is 2.81. The van der Waals surface area contributed by atoms with E-state index >= 15 is 0 Å². The Balaban J connectivity index is 0.00000115. The van der Waals surface area contributed by atoms with E-state index in [0.717, 1.165) is 39.1 Å². The minimum Gasteiger partial charge on any atom is -0.848 e. The lowest BCUT2D eigenvalue weighted by molar-refractivity contribution is -0.420. The van der Waals surface area contributed by atoms with Crippen LogP contribution < -0.4 is 10.0 Å². The Labute approximate surface area is 260 Å². The van der Waals surface area contributed by atoms with Crippen LogP contribution >= 0.6 is 0 Å². The Hall–Kier alpha value is -5.17. The number of likely N-dealkylation sites (N-methyl/N-ethyl adjacent to an activating group) is 1. The van der Waals surface area contributed by atoms with Crippen molar-refractivity contribution in [2.45, 2.75) is 38.2 Å². The minimum absolute atomic E-state index is 0.0468. The van der Waals surface area contributed by atoms with E-state index in [-0.39, 0.29) is 28.8 Å². The van der Waals surface area contributed by atoms with Crippen molar-refractivity contribution in [3.63, 3.8) is 0 Å². The van der Waals surface area contributed by atoms with E-state index in [4.69, 9.17) is 9.59 Å². The average Bonchev–Trinajstić information content (AvgIpc) is 3.38. The number of aromatic carboxylic acids is 1. The van der Waals surface area contributed by atoms with Gasteiger partial charge in [0.05, 0.1) is 11.0 Å². The molecule has 0 amide bonds. The number of carboxylic acid groups (broad SMARTS) is 1. The van der Waals surface area contributed by atoms with Crippen LogP contribution in [0, 0.1) is 5.92 Å². The molecule has 0 aromatic heterocycles. The third-order valence-corrected chi connectivity index (χ3v) is 9.67. The van der Waals surface area contributed by atoms with Crippen LogP contribution in [0.5, 0.6) is 0 Å². The van der Waals surface area contributed by atoms with Gasteiger partial charge in [-0.05, 0) is 70.8 Å². The van der Waals surface area contributed by atoms with Crippen LogP contribution in [0.3, 0.4) is 0 Å². The molecule has 7 rings (SSSR count). The van der Waals surface area contributed by atoms with Gasteiger partial charge >= 0.3 is 12.1 Å². The number of hydrogen-bond donors (Lipinski definition) is 1. The number of allylic oxidation sites excluding steroid dienone is 2. The van der Waals surface area contributed by atoms with Gasteiger partial charge in [0.2, 0.25) is 5.69 Å². The molecular weight excluding hydrogens is 568 g/mol. The molecule has 226 valence electrons. The quantitative estimate of drug-likeness (QED) is 0.257. The SMILES string of the molecule is CC1C(=CC2C(=O)C(=CC3=[N+](C)c4ccc5ccccc5c4C3(C)C)C2[O-])N(C)c2ccc3cc(C(=O)O)ccc3c21.O=C=O. The smallest absolute Gasteiger partial charge is 0.373 e. The number of benzene rings is 4. The second-order valence-corrected chi connectivity index (χ2v) is 12.4. The Morgan fingerprint density at radius 2 is 1.71 bits per heavy atom. The molecule has 0 spiro atoms. The molecule has 45 heavy (non-hydrogen) atoms. The van der Waals surface area contributed by atoms with E-state index in [1.165, 1.54) is 16.3 Å². The summed E-state index contributed by atoms with van der Waals surface area (Å²) in [5.41, 5.74) is 6.48. The Morgan fingerprint density at radius 1 is 1.02 bits per heavy atom. The molecule has 4 aromatic carbocycles. The largest absolute Gasteiger partial charge is 0.848 e. The fourth-order valence-corrected chi connectivity index (χ4v) is 7.42. The van der Waals surface area contributed by atoms with Gasteiger partial charge in [0.1, 0.15) is 7.05 Å². The zero-order valence-corrected chi connectivity index (χ0v) is 25.6. The number of anilines is 1. The fourth-order valence-electron chi connectivity index (χ4n) is 7.42. The second-order valence-electron chi connectivity index (χ2n) is 12.4. The molecule has 3 atom stereocenters. The molecule has 1 N–H and O–H groups in total. The molecule has 2 aliphatic heterocycles. The predicted molar refractivity (Wildman–Crippen MR) is 169 cm³/mol. The summed E-state index contributed by atoms with van der Waals surface area (Å²) < 4.78 is 2.12. The molecule has 1 saturated carbocycles. The number of carbonyl (C=O) groups excluding carboxylic acids is 3. The van der Waals surface area contributed by atoms with E-state index in [9.17, 15) is 19.8 Å². The number of nitrogens with zero attached hydrogens (tertiary/aromatic N) is 2. The lowest BCUT2D eigenvalue weighted by atomic mass is 9.71. The molecule has 4 aromatic rings. The number of rotatable bonds is 3. The van der Waals surface area contributed by atoms with Crippen molar-refractivity contribution in [1.82, 2.24) is 0 Å². The number of ketones is 1. The van der Waals surface area contributed by atoms with E-state index in [0.29, 0.717) is 5.57 Å². The maximum Gasteiger partial charge on any atom is 0.373 e. The summed E-state index contributed by atoms with van der Waals surface area (Å²) in [5.74, 6) is -1.85. The second kappa shape index (κ2) is 10.8. The van der Waals surface area contributed by atoms with Crippen LogP contribution in [0.4, 0.5) is 11.4 Å². The van der Waals surface area contributed by atoms with Gasteiger partial charge in [-0.3, -0.25) is 4.79 Å². The number of hydrogen-bond acceptors (Lipinski definition) is 6. The van der Waals surface area contributed by atoms with Gasteiger partial charge in [0, 0.05) is 48.0 Å². The van der Waals surface area contributed by atoms with E-state index in [1.54, 1.807) is 12.1 Å². The number of carbonyl (C=O) groups is 2. The van der Waals surface area contributed by atoms with Crippen LogP contribution in [-0.4, -0.2) is 53.5 Å². The molecule has 0 bridgehead atoms. The Morgan fingerprint density at radius 3 is 2.40 bits per heavy atom. The Bertz CT molecular complexity index is 2080. The summed E-state index contributed by atoms with van der Waals surface area (Å²) in [4.78, 5) is 43.3. The van der Waals surface area contributed by atoms with Gasteiger partial charge in [-0.2, -0.15) is 14.2 Å². The highest BCUT2D eigenvalue weighted by atomic mass is 16.4. The summed E-state index contributed by atoms with van der Waals surface area (Å²) in [6, 6.07) is 21.7. The van der Waals surface area contributed by atoms with E-state index in [2.05, 4.69) is 54.5 Å². The van der Waals surface area contributed by atoms with Crippen molar-refractivity contribution in [3.8, 4) is 0 Å². The third kappa shape index (κ3) is 4.45. The molecule has 8 heteroatoms. The van der Waals surface area contributed by atoms with Crippen molar-refractivity contribution >= 4 is 56.5 Å². The first-order valence-corrected chi connectivity index (χ1v) is 14.7. The van der Waals surface area contributed by atoms with Crippen LogP contribution in [-0.2, 0) is 19.8 Å². The average molecular weight is 601 g/mol. The molecule has 0 radical (unpaired) electrons. The molecule has 8 nitrogen and oxygen atoms in total. The lowest BCUT2D eigenvalue weighted by Crippen LogP contribution is -2.53. The van der Waals surface area contributed by atoms with Gasteiger partial charge in [0.15, 0.2) is 11.5 Å². The van der Waals surface area contributed by atoms with Crippen LogP contribution in [0.2, 0.25) is 0 Å².